The number of nitrogen functional groups attached to an aromatic ring is 1. The number of nitrogens with zero attached hydrogens (tertiary/aromatic N) is 4. The summed E-state index contributed by atoms with van der Waals surface area (Å²) in [5.74, 6) is -0.289. The third-order valence-corrected chi connectivity index (χ3v) is 7.18. The zero-order chi connectivity index (χ0) is 20.6. The van der Waals surface area contributed by atoms with Crippen molar-refractivity contribution in [2.75, 3.05) is 25.9 Å². The fourth-order valence-electron chi connectivity index (χ4n) is 3.51. The Morgan fingerprint density at radius 2 is 1.97 bits per heavy atom. The summed E-state index contributed by atoms with van der Waals surface area (Å²) in [6, 6.07) is 7.80. The minimum Gasteiger partial charge on any atom is -0.382 e. The lowest BCUT2D eigenvalue weighted by molar-refractivity contribution is 0.417. The van der Waals surface area contributed by atoms with Gasteiger partial charge >= 0.3 is 0 Å². The highest BCUT2D eigenvalue weighted by Gasteiger charge is 2.35. The van der Waals surface area contributed by atoms with Crippen molar-refractivity contribution in [3.05, 3.63) is 54.7 Å². The van der Waals surface area contributed by atoms with Crippen molar-refractivity contribution in [2.24, 2.45) is 0 Å². The number of likely N-dealkylation sites (tertiary alicyclic amines) is 1. The summed E-state index contributed by atoms with van der Waals surface area (Å²) >= 11 is 0. The number of nitrogens with two attached hydrogens (primary N) is 1. The van der Waals surface area contributed by atoms with Gasteiger partial charge in [-0.2, -0.15) is 0 Å². The second-order valence-electron chi connectivity index (χ2n) is 7.10. The molecule has 3 aromatic rings. The molecule has 0 radical (unpaired) electrons. The maximum atomic E-state index is 14.8. The lowest BCUT2D eigenvalue weighted by Crippen LogP contribution is -2.26. The van der Waals surface area contributed by atoms with Crippen LogP contribution in [-0.4, -0.2) is 53.7 Å². The van der Waals surface area contributed by atoms with Gasteiger partial charge in [-0.15, -0.1) is 0 Å². The molecule has 0 bridgehead atoms. The van der Waals surface area contributed by atoms with Gasteiger partial charge < -0.3 is 10.6 Å². The number of hydrogen-bond donors (Lipinski definition) is 1. The number of benzene rings is 1. The van der Waals surface area contributed by atoms with E-state index in [4.69, 9.17) is 5.73 Å². The fourth-order valence-corrected chi connectivity index (χ4v) is 5.39. The van der Waals surface area contributed by atoms with Crippen LogP contribution in [0, 0.1) is 5.82 Å². The zero-order valence-electron chi connectivity index (χ0n) is 15.8. The fraction of sp³-hybridized carbons (Fsp3) is 0.250. The minimum absolute atomic E-state index is 0.0141. The maximum absolute atomic E-state index is 14.8. The zero-order valence-corrected chi connectivity index (χ0v) is 16.6. The van der Waals surface area contributed by atoms with Crippen molar-refractivity contribution in [3.63, 3.8) is 0 Å². The maximum Gasteiger partial charge on any atom is 0.200 e. The molecule has 1 unspecified atom stereocenters. The lowest BCUT2D eigenvalue weighted by atomic mass is 10.0. The highest BCUT2D eigenvalue weighted by Crippen LogP contribution is 2.32. The van der Waals surface area contributed by atoms with Gasteiger partial charge in [0.1, 0.15) is 11.6 Å². The molecule has 1 fully saturated rings. The monoisotopic (exact) mass is 413 g/mol. The first kappa shape index (κ1) is 19.4. The van der Waals surface area contributed by atoms with Crippen molar-refractivity contribution in [1.29, 1.82) is 0 Å². The van der Waals surface area contributed by atoms with Gasteiger partial charge in [0, 0.05) is 23.9 Å². The summed E-state index contributed by atoms with van der Waals surface area (Å²) in [7, 11) is -1.75. The molecule has 0 saturated carbocycles. The molecule has 0 aliphatic carbocycles. The molecule has 3 heterocycles. The molecule has 0 amide bonds. The molecule has 2 aromatic heterocycles. The average molecular weight is 413 g/mol. The first-order chi connectivity index (χ1) is 13.9. The SMILES string of the molecule is CN1CCC(S(=O)(=O)c2ncccc2-c2ccc(-c3cnc(N)cn3)c(F)c2)C1. The summed E-state index contributed by atoms with van der Waals surface area (Å²) in [6.07, 6.45) is 4.75. The number of anilines is 1. The highest BCUT2D eigenvalue weighted by atomic mass is 32.2. The number of halogens is 1. The molecular weight excluding hydrogens is 393 g/mol. The van der Waals surface area contributed by atoms with Crippen molar-refractivity contribution in [3.8, 4) is 22.4 Å². The largest absolute Gasteiger partial charge is 0.382 e. The summed E-state index contributed by atoms with van der Waals surface area (Å²) in [6.45, 7) is 1.18. The van der Waals surface area contributed by atoms with Crippen LogP contribution < -0.4 is 5.73 Å². The Hall–Kier alpha value is -2.91. The van der Waals surface area contributed by atoms with Crippen molar-refractivity contribution >= 4 is 15.7 Å². The van der Waals surface area contributed by atoms with Crippen LogP contribution in [0.2, 0.25) is 0 Å². The first-order valence-electron chi connectivity index (χ1n) is 9.11. The molecule has 1 aliphatic rings. The number of rotatable bonds is 4. The van der Waals surface area contributed by atoms with E-state index in [9.17, 15) is 12.8 Å². The van der Waals surface area contributed by atoms with E-state index in [0.717, 1.165) is 6.54 Å². The second kappa shape index (κ2) is 7.49. The summed E-state index contributed by atoms with van der Waals surface area (Å²) in [5.41, 5.74) is 6.95. The van der Waals surface area contributed by atoms with E-state index < -0.39 is 20.9 Å². The number of pyridine rings is 1. The summed E-state index contributed by atoms with van der Waals surface area (Å²) in [4.78, 5) is 14.1. The van der Waals surface area contributed by atoms with Crippen LogP contribution in [0.3, 0.4) is 0 Å². The van der Waals surface area contributed by atoms with E-state index >= 15 is 0 Å². The van der Waals surface area contributed by atoms with E-state index in [2.05, 4.69) is 15.0 Å². The van der Waals surface area contributed by atoms with Crippen LogP contribution in [-0.2, 0) is 9.84 Å². The molecule has 150 valence electrons. The first-order valence-corrected chi connectivity index (χ1v) is 10.7. The number of sulfone groups is 1. The predicted molar refractivity (Wildman–Crippen MR) is 108 cm³/mol. The summed E-state index contributed by atoms with van der Waals surface area (Å²) < 4.78 is 41.2. The van der Waals surface area contributed by atoms with Gasteiger partial charge in [-0.1, -0.05) is 6.07 Å². The molecule has 7 nitrogen and oxygen atoms in total. The number of aromatic nitrogens is 3. The molecular formula is C20H20FN5O2S. The molecule has 1 aliphatic heterocycles. The molecule has 29 heavy (non-hydrogen) atoms. The lowest BCUT2D eigenvalue weighted by Gasteiger charge is -2.15. The van der Waals surface area contributed by atoms with Crippen molar-refractivity contribution in [1.82, 2.24) is 19.9 Å². The van der Waals surface area contributed by atoms with Crippen LogP contribution in [0.25, 0.3) is 22.4 Å². The molecule has 1 aromatic carbocycles. The Labute approximate surface area is 168 Å². The Bertz CT molecular complexity index is 1150. The highest BCUT2D eigenvalue weighted by molar-refractivity contribution is 7.92. The van der Waals surface area contributed by atoms with Crippen LogP contribution in [0.15, 0.2) is 53.9 Å². The Kier molecular flexibility index (Phi) is 5.01. The van der Waals surface area contributed by atoms with Crippen LogP contribution >= 0.6 is 0 Å². The van der Waals surface area contributed by atoms with Gasteiger partial charge in [0.15, 0.2) is 14.9 Å². The topological polar surface area (TPSA) is 102 Å². The van der Waals surface area contributed by atoms with Gasteiger partial charge in [-0.25, -0.2) is 22.8 Å². The molecule has 9 heteroatoms. The van der Waals surface area contributed by atoms with Gasteiger partial charge in [0.25, 0.3) is 0 Å². The smallest absolute Gasteiger partial charge is 0.200 e. The van der Waals surface area contributed by atoms with Crippen molar-refractivity contribution < 1.29 is 12.8 Å². The van der Waals surface area contributed by atoms with E-state index in [1.54, 1.807) is 24.3 Å². The molecule has 2 N–H and O–H groups in total. The molecule has 0 spiro atoms. The van der Waals surface area contributed by atoms with Crippen molar-refractivity contribution in [2.45, 2.75) is 16.7 Å². The van der Waals surface area contributed by atoms with Gasteiger partial charge in [0.05, 0.1) is 23.3 Å². The number of hydrogen-bond acceptors (Lipinski definition) is 7. The van der Waals surface area contributed by atoms with Gasteiger partial charge in [0.2, 0.25) is 0 Å². The quantitative estimate of drug-likeness (QED) is 0.701. The Morgan fingerprint density at radius 1 is 1.14 bits per heavy atom. The van der Waals surface area contributed by atoms with E-state index in [1.165, 1.54) is 24.7 Å². The second-order valence-corrected chi connectivity index (χ2v) is 9.24. The normalized spacial score (nSPS) is 17.5. The standard InChI is InChI=1S/C20H20FN5O2S/c1-26-8-6-14(12-26)29(27,28)20-15(3-2-7-23-20)13-4-5-16(17(21)9-13)18-10-25-19(22)11-24-18/h2-5,7,9-11,14H,6,8,12H2,1H3,(H2,22,25). The molecule has 1 saturated heterocycles. The van der Waals surface area contributed by atoms with Crippen LogP contribution in [0.1, 0.15) is 6.42 Å². The average Bonchev–Trinajstić information content (AvgIpc) is 3.16. The minimum atomic E-state index is -3.64. The Morgan fingerprint density at radius 3 is 2.62 bits per heavy atom. The third-order valence-electron chi connectivity index (χ3n) is 5.06. The van der Waals surface area contributed by atoms with Crippen LogP contribution in [0.4, 0.5) is 10.2 Å². The van der Waals surface area contributed by atoms with E-state index in [0.29, 0.717) is 29.8 Å². The van der Waals surface area contributed by atoms with Gasteiger partial charge in [-0.3, -0.25) is 4.98 Å². The predicted octanol–water partition coefficient (Wildman–Crippen LogP) is 2.40. The van der Waals surface area contributed by atoms with Gasteiger partial charge in [-0.05, 0) is 49.8 Å². The summed E-state index contributed by atoms with van der Waals surface area (Å²) in [5, 5.41) is -0.532. The molecule has 4 rings (SSSR count). The Balaban J connectivity index is 1.75. The van der Waals surface area contributed by atoms with E-state index in [-0.39, 0.29) is 16.4 Å². The van der Waals surface area contributed by atoms with Crippen LogP contribution in [0.5, 0.6) is 0 Å². The third kappa shape index (κ3) is 3.70. The van der Waals surface area contributed by atoms with E-state index in [1.807, 2.05) is 11.9 Å². The molecule has 1 atom stereocenters.